The van der Waals surface area contributed by atoms with Crippen molar-refractivity contribution >= 4 is 48.6 Å². The van der Waals surface area contributed by atoms with Crippen LogP contribution in [-0.4, -0.2) is 24.9 Å². The standard InChI is InChI=1S/2C13H13P.2C5H8O2.Ru/c2*1-14(12-8-4-2-5-9-12)13-10-6-3-7-11-13;2*1-4(6)3-5(2)7;/h2*2-11H,1H3;2*3,6H,1-2H3;/q;;;;+2/b;;2*4-3-;. The number of allylic oxidation sites excluding steroid dienone is 4. The molecule has 0 atom stereocenters. The summed E-state index contributed by atoms with van der Waals surface area (Å²) >= 11 is 0. The van der Waals surface area contributed by atoms with Crippen LogP contribution in [0.25, 0.3) is 0 Å². The van der Waals surface area contributed by atoms with Crippen LogP contribution in [0.4, 0.5) is 0 Å². The molecule has 0 spiro atoms. The van der Waals surface area contributed by atoms with E-state index in [1.54, 1.807) is 0 Å². The monoisotopic (exact) mass is 702 g/mol. The molecule has 0 saturated carbocycles. The zero-order valence-corrected chi connectivity index (χ0v) is 29.4. The molecule has 0 aliphatic heterocycles. The van der Waals surface area contributed by atoms with E-state index in [0.717, 1.165) is 12.2 Å². The Kier molecular flexibility index (Phi) is 21.5. The maximum absolute atomic E-state index is 9.98. The zero-order valence-electron chi connectivity index (χ0n) is 25.7. The fourth-order valence-electron chi connectivity index (χ4n) is 3.66. The van der Waals surface area contributed by atoms with Crippen LogP contribution in [0.1, 0.15) is 27.7 Å². The minimum absolute atomic E-state index is 0. The van der Waals surface area contributed by atoms with Crippen molar-refractivity contribution in [2.45, 2.75) is 27.7 Å². The third-order valence-electron chi connectivity index (χ3n) is 5.64. The number of rotatable bonds is 6. The molecule has 226 valence electrons. The summed E-state index contributed by atoms with van der Waals surface area (Å²) in [5.41, 5.74) is 0. The van der Waals surface area contributed by atoms with Gasteiger partial charge >= 0.3 is 19.5 Å². The van der Waals surface area contributed by atoms with E-state index in [4.69, 9.17) is 0 Å². The van der Waals surface area contributed by atoms with Crippen molar-refractivity contribution in [3.8, 4) is 0 Å². The molecule has 0 N–H and O–H groups in total. The number of ketones is 2. The first-order chi connectivity index (χ1) is 20.0. The molecule has 4 aromatic carbocycles. The van der Waals surface area contributed by atoms with Gasteiger partial charge in [-0.05, 0) is 74.5 Å². The first-order valence-corrected chi connectivity index (χ1v) is 17.6. The molecular formula is C36H42O4P2Ru+2. The van der Waals surface area contributed by atoms with E-state index in [2.05, 4.69) is 135 Å². The van der Waals surface area contributed by atoms with Crippen LogP contribution in [0.15, 0.2) is 145 Å². The van der Waals surface area contributed by atoms with E-state index in [9.17, 15) is 19.8 Å². The molecule has 4 aromatic rings. The van der Waals surface area contributed by atoms with Crippen LogP contribution >= 0.6 is 15.8 Å². The molecule has 0 aromatic heterocycles. The fourth-order valence-corrected chi connectivity index (χ4v) is 7.09. The molecule has 0 amide bonds. The van der Waals surface area contributed by atoms with Crippen molar-refractivity contribution in [2.24, 2.45) is 0 Å². The largest absolute Gasteiger partial charge is 2.00 e. The predicted octanol–water partition coefficient (Wildman–Crippen LogP) is 4.64. The summed E-state index contributed by atoms with van der Waals surface area (Å²) in [6.07, 6.45) is 2.11. The van der Waals surface area contributed by atoms with Crippen molar-refractivity contribution in [3.63, 3.8) is 0 Å². The Hall–Kier alpha value is -3.22. The van der Waals surface area contributed by atoms with E-state index in [-0.39, 0.29) is 42.6 Å². The Morgan fingerprint density at radius 2 is 0.651 bits per heavy atom. The van der Waals surface area contributed by atoms with Crippen molar-refractivity contribution in [2.75, 3.05) is 13.3 Å². The van der Waals surface area contributed by atoms with E-state index in [1.165, 1.54) is 48.9 Å². The van der Waals surface area contributed by atoms with E-state index < -0.39 is 15.8 Å². The van der Waals surface area contributed by atoms with Crippen LogP contribution < -0.4 is 31.4 Å². The number of carbonyl (C=O) groups excluding carboxylic acids is 2. The summed E-state index contributed by atoms with van der Waals surface area (Å²) in [7, 11) is -1.09. The average molecular weight is 702 g/mol. The Labute approximate surface area is 272 Å². The summed E-state index contributed by atoms with van der Waals surface area (Å²) in [6.45, 7) is 10.1. The topological polar surface area (TPSA) is 80.3 Å². The number of hydrogen-bond donors (Lipinski definition) is 0. The SMILES string of the molecule is CC(=O)/C=C(/C)[O-].CC(=O)/C=C(/C)[O-].C[PH+](c1ccccc1)c1ccccc1.C[PH+](c1ccccc1)c1ccccc1.[Ru+2]. The van der Waals surface area contributed by atoms with Gasteiger partial charge in [0, 0.05) is 0 Å². The van der Waals surface area contributed by atoms with Crippen LogP contribution in [0.5, 0.6) is 0 Å². The van der Waals surface area contributed by atoms with Crippen LogP contribution in [0.3, 0.4) is 0 Å². The molecule has 0 saturated heterocycles. The van der Waals surface area contributed by atoms with Gasteiger partial charge < -0.3 is 10.2 Å². The molecule has 0 fully saturated rings. The van der Waals surface area contributed by atoms with E-state index in [0.29, 0.717) is 0 Å². The first-order valence-electron chi connectivity index (χ1n) is 13.6. The normalized spacial score (nSPS) is 10.5. The Morgan fingerprint density at radius 1 is 0.465 bits per heavy atom. The van der Waals surface area contributed by atoms with Gasteiger partial charge in [-0.15, -0.1) is 11.5 Å². The Morgan fingerprint density at radius 3 is 0.767 bits per heavy atom. The molecule has 7 heteroatoms. The summed E-state index contributed by atoms with van der Waals surface area (Å²) in [5, 5.41) is 25.9. The molecule has 0 aliphatic carbocycles. The molecule has 0 bridgehead atoms. The average Bonchev–Trinajstić information content (AvgIpc) is 2.98. The van der Waals surface area contributed by atoms with Gasteiger partial charge in [-0.3, -0.25) is 9.59 Å². The van der Waals surface area contributed by atoms with Gasteiger partial charge in [-0.25, -0.2) is 0 Å². The molecule has 0 unspecified atom stereocenters. The van der Waals surface area contributed by atoms with Crippen molar-refractivity contribution in [1.29, 1.82) is 0 Å². The minimum Gasteiger partial charge on any atom is -0.876 e. The fraction of sp³-hybridized carbons (Fsp3) is 0.167. The smallest absolute Gasteiger partial charge is 0.876 e. The number of hydrogen-bond acceptors (Lipinski definition) is 4. The maximum atomic E-state index is 9.98. The maximum Gasteiger partial charge on any atom is 2.00 e. The first kappa shape index (κ1) is 39.8. The van der Waals surface area contributed by atoms with Crippen molar-refractivity contribution in [1.82, 2.24) is 0 Å². The molecule has 43 heavy (non-hydrogen) atoms. The molecule has 0 aliphatic rings. The molecular weight excluding hydrogens is 659 g/mol. The van der Waals surface area contributed by atoms with Gasteiger partial charge in [0.2, 0.25) is 0 Å². The Balaban J connectivity index is 0.000000574. The van der Waals surface area contributed by atoms with Gasteiger partial charge in [0.15, 0.2) is 11.6 Å². The minimum atomic E-state index is -0.545. The van der Waals surface area contributed by atoms with Gasteiger partial charge in [-0.2, -0.15) is 0 Å². The quantitative estimate of drug-likeness (QED) is 0.127. The van der Waals surface area contributed by atoms with Gasteiger partial charge in [0.05, 0.1) is 50.4 Å². The molecule has 4 rings (SSSR count). The van der Waals surface area contributed by atoms with Crippen molar-refractivity contribution in [3.05, 3.63) is 145 Å². The molecule has 0 heterocycles. The third-order valence-corrected chi connectivity index (χ3v) is 10.4. The third kappa shape index (κ3) is 18.8. The van der Waals surface area contributed by atoms with E-state index >= 15 is 0 Å². The van der Waals surface area contributed by atoms with E-state index in [1.807, 2.05) is 0 Å². The second kappa shape index (κ2) is 23.3. The van der Waals surface area contributed by atoms with Crippen LogP contribution in [0, 0.1) is 0 Å². The summed E-state index contributed by atoms with van der Waals surface area (Å²) in [5.74, 6) is -0.750. The van der Waals surface area contributed by atoms with Crippen molar-refractivity contribution < 1.29 is 39.3 Å². The van der Waals surface area contributed by atoms with Crippen LogP contribution in [0.2, 0.25) is 0 Å². The van der Waals surface area contributed by atoms with Gasteiger partial charge in [0.1, 0.15) is 0 Å². The second-order valence-corrected chi connectivity index (χ2v) is 14.3. The predicted molar refractivity (Wildman–Crippen MR) is 182 cm³/mol. The molecule has 4 nitrogen and oxygen atoms in total. The number of carbonyl (C=O) groups is 2. The summed E-state index contributed by atoms with van der Waals surface area (Å²) < 4.78 is 0. The summed E-state index contributed by atoms with van der Waals surface area (Å²) in [4.78, 5) is 20.0. The van der Waals surface area contributed by atoms with Crippen LogP contribution in [-0.2, 0) is 29.1 Å². The molecule has 0 radical (unpaired) electrons. The van der Waals surface area contributed by atoms with Gasteiger partial charge in [0.25, 0.3) is 0 Å². The zero-order chi connectivity index (χ0) is 31.3. The van der Waals surface area contributed by atoms with Gasteiger partial charge in [-0.1, -0.05) is 86.6 Å². The second-order valence-electron chi connectivity index (χ2n) is 9.45. The number of benzene rings is 4. The Bertz CT molecular complexity index is 1180. The summed E-state index contributed by atoms with van der Waals surface area (Å²) in [6, 6.07) is 43.0.